The van der Waals surface area contributed by atoms with Gasteiger partial charge >= 0.3 is 0 Å². The lowest BCUT2D eigenvalue weighted by Crippen LogP contribution is -2.17. The Kier molecular flexibility index (Phi) is 7.11. The molecule has 0 fully saturated rings. The lowest BCUT2D eigenvalue weighted by atomic mass is 10.2. The van der Waals surface area contributed by atoms with E-state index >= 15 is 0 Å². The average molecular weight is 230 g/mol. The maximum absolute atomic E-state index is 11.4. The highest BCUT2D eigenvalue weighted by Crippen LogP contribution is 1.98. The van der Waals surface area contributed by atoms with Gasteiger partial charge in [-0.1, -0.05) is 31.5 Å². The van der Waals surface area contributed by atoms with E-state index < -0.39 is 8.07 Å². The summed E-state index contributed by atoms with van der Waals surface area (Å²) in [6.45, 7) is 8.14. The van der Waals surface area contributed by atoms with Crippen LogP contribution in [-0.4, -0.2) is 13.9 Å². The summed E-state index contributed by atoms with van der Waals surface area (Å²) in [5.41, 5.74) is 3.06. The average Bonchev–Trinajstić information content (AvgIpc) is 2.19. The minimum atomic E-state index is -1.41. The summed E-state index contributed by atoms with van der Waals surface area (Å²) >= 11 is 0. The first-order valence-corrected chi connectivity index (χ1v) is 8.91. The van der Waals surface area contributed by atoms with E-state index in [9.17, 15) is 4.79 Å². The van der Waals surface area contributed by atoms with E-state index in [-0.39, 0.29) is 5.78 Å². The summed E-state index contributed by atoms with van der Waals surface area (Å²) in [5, 5.41) is 0. The van der Waals surface area contributed by atoms with Crippen molar-refractivity contribution >= 4 is 13.9 Å². The van der Waals surface area contributed by atoms with E-state index in [0.717, 1.165) is 12.8 Å². The molecule has 0 saturated carbocycles. The van der Waals surface area contributed by atoms with E-state index in [0.29, 0.717) is 6.42 Å². The van der Waals surface area contributed by atoms with Gasteiger partial charge in [0.1, 0.15) is 8.07 Å². The molecule has 16 heavy (non-hydrogen) atoms. The Labute approximate surface area is 100 Å². The molecular formula is C14H18OSi. The molecule has 0 radical (unpaired) electrons. The molecule has 0 bridgehead atoms. The van der Waals surface area contributed by atoms with Crippen molar-refractivity contribution in [2.24, 2.45) is 0 Å². The quantitative estimate of drug-likeness (QED) is 0.414. The minimum Gasteiger partial charge on any atom is -0.285 e. The summed E-state index contributed by atoms with van der Waals surface area (Å²) in [5.74, 6) is 13.7. The topological polar surface area (TPSA) is 17.1 Å². The molecule has 0 rings (SSSR count). The molecule has 0 aromatic heterocycles. The van der Waals surface area contributed by atoms with E-state index in [1.807, 2.05) is 0 Å². The van der Waals surface area contributed by atoms with E-state index in [4.69, 9.17) is 0 Å². The maximum atomic E-state index is 11.4. The summed E-state index contributed by atoms with van der Waals surface area (Å²) in [6, 6.07) is 0. The number of carbonyl (C=O) groups is 1. The number of hydrogen-bond acceptors (Lipinski definition) is 1. The number of Topliss-reactive ketones (excluding diaryl/α,β-unsaturated/α-hetero) is 1. The first-order chi connectivity index (χ1) is 7.45. The van der Waals surface area contributed by atoms with Crippen molar-refractivity contribution in [2.75, 3.05) is 0 Å². The first kappa shape index (κ1) is 14.6. The van der Waals surface area contributed by atoms with E-state index in [2.05, 4.69) is 54.8 Å². The standard InChI is InChI=1S/C14H18OSi/c1-5-6-7-8-9-10-11-14(15)12-13-16(2,3)4/h9-11H2,1-4H3. The van der Waals surface area contributed by atoms with Gasteiger partial charge in [-0.2, -0.15) is 0 Å². The second-order valence-corrected chi connectivity index (χ2v) is 9.20. The predicted octanol–water partition coefficient (Wildman–Crippen LogP) is 2.63. The fraction of sp³-hybridized carbons (Fsp3) is 0.500. The highest BCUT2D eigenvalue weighted by Gasteiger charge is 2.08. The van der Waals surface area contributed by atoms with Gasteiger partial charge in [-0.05, 0) is 31.1 Å². The molecule has 1 nitrogen and oxygen atoms in total. The van der Waals surface area contributed by atoms with Crippen LogP contribution in [0.25, 0.3) is 0 Å². The molecule has 0 aliphatic rings. The largest absolute Gasteiger partial charge is 0.285 e. The molecule has 0 aromatic rings. The lowest BCUT2D eigenvalue weighted by molar-refractivity contribution is -0.113. The third-order valence-electron chi connectivity index (χ3n) is 1.56. The van der Waals surface area contributed by atoms with Gasteiger partial charge in [-0.3, -0.25) is 4.79 Å². The normalized spacial score (nSPS) is 8.75. The molecule has 0 heterocycles. The number of carbonyl (C=O) groups excluding carboxylic acids is 1. The fourth-order valence-electron chi connectivity index (χ4n) is 0.826. The van der Waals surface area contributed by atoms with Gasteiger partial charge in [0.05, 0.1) is 0 Å². The van der Waals surface area contributed by atoms with Crippen LogP contribution in [-0.2, 0) is 4.79 Å². The zero-order valence-electron chi connectivity index (χ0n) is 10.5. The van der Waals surface area contributed by atoms with Crippen LogP contribution in [0.4, 0.5) is 0 Å². The fourth-order valence-corrected chi connectivity index (χ4v) is 1.34. The van der Waals surface area contributed by atoms with Crippen molar-refractivity contribution in [2.45, 2.75) is 45.8 Å². The first-order valence-electron chi connectivity index (χ1n) is 5.41. The Hall–Kier alpha value is -1.43. The summed E-state index contributed by atoms with van der Waals surface area (Å²) in [7, 11) is -1.41. The Morgan fingerprint density at radius 2 is 1.88 bits per heavy atom. The van der Waals surface area contributed by atoms with Crippen LogP contribution in [0.3, 0.4) is 0 Å². The van der Waals surface area contributed by atoms with Crippen molar-refractivity contribution in [1.82, 2.24) is 0 Å². The molecular weight excluding hydrogens is 212 g/mol. The van der Waals surface area contributed by atoms with E-state index in [1.54, 1.807) is 6.92 Å². The van der Waals surface area contributed by atoms with Gasteiger partial charge in [-0.25, -0.2) is 0 Å². The number of hydrogen-bond donors (Lipinski definition) is 0. The summed E-state index contributed by atoms with van der Waals surface area (Å²) < 4.78 is 0. The molecule has 0 aliphatic heterocycles. The van der Waals surface area contributed by atoms with Crippen molar-refractivity contribution in [1.29, 1.82) is 0 Å². The van der Waals surface area contributed by atoms with Gasteiger partial charge < -0.3 is 0 Å². The lowest BCUT2D eigenvalue weighted by Gasteiger charge is -2.02. The molecule has 0 atom stereocenters. The zero-order valence-corrected chi connectivity index (χ0v) is 11.5. The third kappa shape index (κ3) is 10.6. The zero-order chi connectivity index (χ0) is 12.4. The van der Waals surface area contributed by atoms with E-state index in [1.165, 1.54) is 0 Å². The van der Waals surface area contributed by atoms with Gasteiger partial charge in [0.15, 0.2) is 0 Å². The van der Waals surface area contributed by atoms with Crippen molar-refractivity contribution in [3.8, 4) is 35.1 Å². The van der Waals surface area contributed by atoms with Crippen LogP contribution in [0.15, 0.2) is 0 Å². The molecule has 0 unspecified atom stereocenters. The second-order valence-electron chi connectivity index (χ2n) is 4.45. The van der Waals surface area contributed by atoms with Crippen LogP contribution in [0.5, 0.6) is 0 Å². The van der Waals surface area contributed by atoms with Crippen LogP contribution in [0, 0.1) is 35.1 Å². The molecule has 0 aliphatic carbocycles. The summed E-state index contributed by atoms with van der Waals surface area (Å²) in [4.78, 5) is 11.4. The third-order valence-corrected chi connectivity index (χ3v) is 2.43. The Balaban J connectivity index is 3.86. The van der Waals surface area contributed by atoms with Gasteiger partial charge in [0.2, 0.25) is 5.78 Å². The van der Waals surface area contributed by atoms with Gasteiger partial charge in [-0.15, -0.1) is 5.54 Å². The van der Waals surface area contributed by atoms with Gasteiger partial charge in [0.25, 0.3) is 0 Å². The van der Waals surface area contributed by atoms with Crippen molar-refractivity contribution in [3.05, 3.63) is 0 Å². The smallest absolute Gasteiger partial charge is 0.204 e. The van der Waals surface area contributed by atoms with Crippen molar-refractivity contribution < 1.29 is 4.79 Å². The maximum Gasteiger partial charge on any atom is 0.204 e. The molecule has 0 saturated heterocycles. The van der Waals surface area contributed by atoms with Gasteiger partial charge in [0, 0.05) is 12.8 Å². The molecule has 0 N–H and O–H groups in total. The van der Waals surface area contributed by atoms with Crippen LogP contribution in [0.2, 0.25) is 19.6 Å². The Bertz CT molecular complexity index is 407. The number of unbranched alkanes of at least 4 members (excludes halogenated alkanes) is 1. The monoisotopic (exact) mass is 230 g/mol. The molecule has 2 heteroatoms. The molecule has 0 aromatic carbocycles. The SMILES string of the molecule is CC#CC#CCCCC(=O)C#C[Si](C)(C)C. The van der Waals surface area contributed by atoms with Crippen molar-refractivity contribution in [3.63, 3.8) is 0 Å². The number of ketones is 1. The van der Waals surface area contributed by atoms with Crippen LogP contribution in [0.1, 0.15) is 26.2 Å². The summed E-state index contributed by atoms with van der Waals surface area (Å²) in [6.07, 6.45) is 2.00. The molecule has 84 valence electrons. The Morgan fingerprint density at radius 3 is 2.44 bits per heavy atom. The Morgan fingerprint density at radius 1 is 1.19 bits per heavy atom. The highest BCUT2D eigenvalue weighted by atomic mass is 28.3. The highest BCUT2D eigenvalue weighted by molar-refractivity contribution is 6.84. The molecule has 0 amide bonds. The second kappa shape index (κ2) is 7.81. The molecule has 0 spiro atoms. The van der Waals surface area contributed by atoms with Crippen LogP contribution < -0.4 is 0 Å². The number of rotatable bonds is 3. The van der Waals surface area contributed by atoms with Crippen LogP contribution >= 0.6 is 0 Å². The predicted molar refractivity (Wildman–Crippen MR) is 71.2 cm³/mol. The minimum absolute atomic E-state index is 0.0331.